The number of phosphoric ester groups is 2. The molecule has 0 saturated heterocycles. The fourth-order valence-corrected chi connectivity index (χ4v) is 14.6. The number of esters is 3. The third kappa shape index (κ3) is 96.9. The number of carbonyl (C=O) groups is 3. The number of aliphatic hydroxyl groups is 2. The molecule has 4 N–H and O–H groups in total. The first-order valence-corrected chi connectivity index (χ1v) is 51.7. The second-order valence-electron chi connectivity index (χ2n) is 32.1. The summed E-state index contributed by atoms with van der Waals surface area (Å²) >= 11 is 0. The van der Waals surface area contributed by atoms with Gasteiger partial charge in [-0.2, -0.15) is 0 Å². The number of ether oxygens (including phenoxy) is 3. The monoisotopic (exact) mass is 1760 g/mol. The average Bonchev–Trinajstić information content (AvgIpc) is 0.898. The Morgan fingerprint density at radius 3 is 0.683 bits per heavy atom. The number of carbonyl (C=O) groups excluding carboxylic acids is 3. The van der Waals surface area contributed by atoms with Crippen LogP contribution in [0.15, 0.2) is 194 Å². The topological polar surface area (TPSA) is 231 Å². The van der Waals surface area contributed by atoms with Crippen LogP contribution in [0.25, 0.3) is 0 Å². The van der Waals surface area contributed by atoms with Crippen LogP contribution in [0.2, 0.25) is 0 Å². The molecule has 16 nitrogen and oxygen atoms in total. The lowest BCUT2D eigenvalue weighted by molar-refractivity contribution is -0.161. The zero-order chi connectivity index (χ0) is 89.3. The van der Waals surface area contributed by atoms with E-state index in [1.165, 1.54) is 161 Å². The second-order valence-corrected chi connectivity index (χ2v) is 35.0. The standard InChI is InChI=1S/C105H176O16P2/c1-4-7-10-13-16-19-22-25-28-31-34-37-40-42-44-46-48-49-51-53-54-56-59-61-64-67-70-73-76-79-82-85-88-91-103(108)115-94-100(106)95-117-122(111,112)118-96-101(107)97-119-123(113,114)120-99-102(121-105(110)93-90-87-84-81-78-75-72-69-66-63-58-39-36-33-30-27-24-21-18-15-12-9-6-3)98-116-104(109)92-89-86-83-80-77-74-71-68-65-62-60-57-55-52-50-47-45-43-41-38-35-32-29-26-23-20-17-14-11-8-5-2/h7,9-10,12,16-21,25-30,34-39,42-45,48-49,63,66,72,75,100-102,106-107H,4-6,8,11,13-15,22-24,31-33,40-41,46-47,50-62,64-65,67-71,73-74,76-99H2,1-3H3,(H,111,112)(H,113,114)/b10-7-,12-9-,19-16-,20-17-,21-18-,28-25-,29-26-,30-27-,37-34-,38-35-,39-36-,44-42-,45-43-,49-48-,66-63-,75-72-. The van der Waals surface area contributed by atoms with Crippen molar-refractivity contribution in [2.75, 3.05) is 39.6 Å². The molecule has 18 heteroatoms. The van der Waals surface area contributed by atoms with Crippen LogP contribution in [-0.2, 0) is 55.8 Å². The van der Waals surface area contributed by atoms with Crippen molar-refractivity contribution in [2.45, 2.75) is 411 Å². The number of unbranched alkanes of at least 4 members (excludes halogenated alkanes) is 36. The Bertz CT molecular complexity index is 3020. The van der Waals surface area contributed by atoms with Crippen LogP contribution in [0.3, 0.4) is 0 Å². The number of phosphoric acid groups is 2. The Morgan fingerprint density at radius 2 is 0.431 bits per heavy atom. The minimum absolute atomic E-state index is 0.0697. The number of hydrogen-bond acceptors (Lipinski definition) is 14. The molecule has 0 fully saturated rings. The molecule has 5 atom stereocenters. The van der Waals surface area contributed by atoms with Crippen molar-refractivity contribution in [3.63, 3.8) is 0 Å². The molecule has 0 spiro atoms. The zero-order valence-corrected chi connectivity index (χ0v) is 79.3. The average molecular weight is 1760 g/mol. The van der Waals surface area contributed by atoms with Gasteiger partial charge in [0.1, 0.15) is 25.4 Å². The molecule has 0 aromatic carbocycles. The summed E-state index contributed by atoms with van der Waals surface area (Å²) in [7, 11) is -9.83. The fourth-order valence-electron chi connectivity index (χ4n) is 13.0. The minimum atomic E-state index is -4.96. The summed E-state index contributed by atoms with van der Waals surface area (Å²) in [6.07, 6.45) is 128. The van der Waals surface area contributed by atoms with Crippen molar-refractivity contribution in [1.29, 1.82) is 0 Å². The lowest BCUT2D eigenvalue weighted by Gasteiger charge is -2.21. The van der Waals surface area contributed by atoms with Gasteiger partial charge in [0, 0.05) is 19.3 Å². The van der Waals surface area contributed by atoms with Crippen molar-refractivity contribution in [1.82, 2.24) is 0 Å². The van der Waals surface area contributed by atoms with E-state index in [0.29, 0.717) is 19.3 Å². The SMILES string of the molecule is CC/C=C\C/C=C\C/C=C\C/C=C\C/C=C\C/C=C\CCCCCCCCCCCCCCCCC(=O)OCC(O)COP(=O)(O)OCC(O)COP(=O)(O)OCC(COC(=O)CCCCCCCCCCCCCCCCC/C=C\C/C=C\C/C=C\C/C=C\CCCCC)OC(=O)CCCCCC/C=C\C/C=C\C/C=C\C/C=C\C/C=C\C/C=C\CC. The third-order valence-corrected chi connectivity index (χ3v) is 22.2. The maximum absolute atomic E-state index is 13.1. The molecule has 0 aliphatic carbocycles. The van der Waals surface area contributed by atoms with Crippen molar-refractivity contribution in [3.8, 4) is 0 Å². The van der Waals surface area contributed by atoms with Crippen molar-refractivity contribution in [2.24, 2.45) is 0 Å². The van der Waals surface area contributed by atoms with Gasteiger partial charge in [0.05, 0.1) is 26.4 Å². The van der Waals surface area contributed by atoms with Gasteiger partial charge in [-0.3, -0.25) is 32.5 Å². The van der Waals surface area contributed by atoms with Gasteiger partial charge >= 0.3 is 33.6 Å². The lowest BCUT2D eigenvalue weighted by Crippen LogP contribution is -2.30. The summed E-state index contributed by atoms with van der Waals surface area (Å²) in [4.78, 5) is 59.1. The van der Waals surface area contributed by atoms with Gasteiger partial charge in [0.25, 0.3) is 0 Å². The van der Waals surface area contributed by atoms with E-state index in [0.717, 1.165) is 173 Å². The molecule has 0 aromatic heterocycles. The van der Waals surface area contributed by atoms with Crippen LogP contribution >= 0.6 is 15.6 Å². The van der Waals surface area contributed by atoms with Crippen LogP contribution in [0.4, 0.5) is 0 Å². The first kappa shape index (κ1) is 117. The summed E-state index contributed by atoms with van der Waals surface area (Å²) in [5.74, 6) is -1.60. The summed E-state index contributed by atoms with van der Waals surface area (Å²) in [6.45, 7) is 2.44. The highest BCUT2D eigenvalue weighted by atomic mass is 31.2. The summed E-state index contributed by atoms with van der Waals surface area (Å²) < 4.78 is 61.6. The molecule has 0 aromatic rings. The molecule has 702 valence electrons. The van der Waals surface area contributed by atoms with Gasteiger partial charge in [-0.15, -0.1) is 0 Å². The van der Waals surface area contributed by atoms with Gasteiger partial charge in [-0.25, -0.2) is 9.13 Å². The molecule has 0 aliphatic rings. The van der Waals surface area contributed by atoms with Gasteiger partial charge in [-0.1, -0.05) is 401 Å². The van der Waals surface area contributed by atoms with Gasteiger partial charge in [0.2, 0.25) is 0 Å². The largest absolute Gasteiger partial charge is 0.472 e. The highest BCUT2D eigenvalue weighted by molar-refractivity contribution is 7.47. The number of hydrogen-bond donors (Lipinski definition) is 4. The molecular formula is C105H176O16P2. The first-order valence-electron chi connectivity index (χ1n) is 48.7. The van der Waals surface area contributed by atoms with E-state index in [1.54, 1.807) is 0 Å². The van der Waals surface area contributed by atoms with Crippen LogP contribution in [0, 0.1) is 0 Å². The van der Waals surface area contributed by atoms with E-state index in [9.17, 15) is 43.5 Å². The number of aliphatic hydroxyl groups excluding tert-OH is 2. The highest BCUT2D eigenvalue weighted by Gasteiger charge is 2.30. The number of allylic oxidation sites excluding steroid dienone is 32. The van der Waals surface area contributed by atoms with E-state index in [-0.39, 0.29) is 19.3 Å². The summed E-state index contributed by atoms with van der Waals surface area (Å²) in [5, 5.41) is 20.8. The molecule has 0 radical (unpaired) electrons. The van der Waals surface area contributed by atoms with Crippen molar-refractivity contribution < 1.29 is 75.8 Å². The predicted octanol–water partition coefficient (Wildman–Crippen LogP) is 30.6. The number of rotatable bonds is 91. The van der Waals surface area contributed by atoms with E-state index in [1.807, 2.05) is 0 Å². The van der Waals surface area contributed by atoms with Crippen LogP contribution in [0.5, 0.6) is 0 Å². The second kappa shape index (κ2) is 95.5. The van der Waals surface area contributed by atoms with Crippen molar-refractivity contribution >= 4 is 33.6 Å². The van der Waals surface area contributed by atoms with Gasteiger partial charge in [-0.05, 0) is 167 Å². The third-order valence-electron chi connectivity index (χ3n) is 20.3. The molecule has 0 rings (SSSR count). The smallest absolute Gasteiger partial charge is 0.463 e. The maximum atomic E-state index is 13.1. The Balaban J connectivity index is 4.61. The van der Waals surface area contributed by atoms with E-state index in [2.05, 4.69) is 215 Å². The predicted molar refractivity (Wildman–Crippen MR) is 518 cm³/mol. The normalized spacial score (nSPS) is 14.6. The minimum Gasteiger partial charge on any atom is -0.463 e. The molecule has 0 saturated carbocycles. The molecule has 0 aliphatic heterocycles. The Labute approximate surface area is 750 Å². The summed E-state index contributed by atoms with van der Waals surface area (Å²) in [5.41, 5.74) is 0. The Hall–Kier alpha value is -5.61. The molecule has 5 unspecified atom stereocenters. The highest BCUT2D eigenvalue weighted by Crippen LogP contribution is 2.45. The Morgan fingerprint density at radius 1 is 0.236 bits per heavy atom. The maximum Gasteiger partial charge on any atom is 0.472 e. The van der Waals surface area contributed by atoms with E-state index < -0.39 is 91.5 Å². The Kier molecular flexibility index (Phi) is 91.1. The first-order chi connectivity index (χ1) is 60.2. The molecule has 0 heterocycles. The van der Waals surface area contributed by atoms with Crippen LogP contribution in [0.1, 0.15) is 393 Å². The van der Waals surface area contributed by atoms with E-state index >= 15 is 0 Å². The summed E-state index contributed by atoms with van der Waals surface area (Å²) in [6, 6.07) is 0. The van der Waals surface area contributed by atoms with Crippen LogP contribution in [-0.4, -0.2) is 95.9 Å². The zero-order valence-electron chi connectivity index (χ0n) is 77.5. The molecule has 0 bridgehead atoms. The molecule has 0 amide bonds. The quantitative estimate of drug-likeness (QED) is 0.0146. The van der Waals surface area contributed by atoms with Crippen LogP contribution < -0.4 is 0 Å². The van der Waals surface area contributed by atoms with Gasteiger partial charge < -0.3 is 34.2 Å². The molecule has 123 heavy (non-hydrogen) atoms. The fraction of sp³-hybridized carbons (Fsp3) is 0.667. The van der Waals surface area contributed by atoms with Gasteiger partial charge in [0.15, 0.2) is 6.10 Å². The van der Waals surface area contributed by atoms with E-state index in [4.69, 9.17) is 32.3 Å². The molecular weight excluding hydrogens is 1580 g/mol. The lowest BCUT2D eigenvalue weighted by atomic mass is 10.0. The van der Waals surface area contributed by atoms with Crippen molar-refractivity contribution in [3.05, 3.63) is 194 Å².